The van der Waals surface area contributed by atoms with Crippen LogP contribution >= 0.6 is 0 Å². The lowest BCUT2D eigenvalue weighted by atomic mass is 9.87. The zero-order chi connectivity index (χ0) is 30.0. The Morgan fingerprint density at radius 3 is 2.38 bits per heavy atom. The van der Waals surface area contributed by atoms with Gasteiger partial charge in [0.25, 0.3) is 0 Å². The van der Waals surface area contributed by atoms with E-state index in [9.17, 15) is 9.90 Å². The lowest BCUT2D eigenvalue weighted by Crippen LogP contribution is -2.44. The number of aliphatic hydroxyl groups is 1. The highest BCUT2D eigenvalue weighted by molar-refractivity contribution is 5.83. The average Bonchev–Trinajstić information content (AvgIpc) is 3.40. The van der Waals surface area contributed by atoms with Crippen LogP contribution in [0.5, 0.6) is 5.75 Å². The van der Waals surface area contributed by atoms with E-state index >= 15 is 0 Å². The smallest absolute Gasteiger partial charge is 0.237 e. The SMILES string of the molecule is CCCCN(CC(=O)N(CCc1c[nH]c2ccccc12)Cc1ccc(C(C)(C)C)cc1)C[C@@H](O)COc1ccccc1. The Morgan fingerprint density at radius 2 is 1.67 bits per heavy atom. The molecule has 0 radical (unpaired) electrons. The van der Waals surface area contributed by atoms with Crippen molar-refractivity contribution >= 4 is 16.8 Å². The van der Waals surface area contributed by atoms with Crippen molar-refractivity contribution in [2.75, 3.05) is 32.8 Å². The highest BCUT2D eigenvalue weighted by Gasteiger charge is 2.21. The molecule has 0 saturated carbocycles. The van der Waals surface area contributed by atoms with Crippen molar-refractivity contribution in [2.45, 2.75) is 65.0 Å². The first-order valence-corrected chi connectivity index (χ1v) is 15.2. The van der Waals surface area contributed by atoms with Gasteiger partial charge in [0.1, 0.15) is 18.5 Å². The number of aliphatic hydroxyl groups excluding tert-OH is 1. The molecule has 4 rings (SSSR count). The van der Waals surface area contributed by atoms with Crippen LogP contribution in [0.25, 0.3) is 10.9 Å². The minimum atomic E-state index is -0.695. The third kappa shape index (κ3) is 9.20. The zero-order valence-electron chi connectivity index (χ0n) is 25.7. The number of rotatable bonds is 15. The van der Waals surface area contributed by atoms with Gasteiger partial charge in [-0.1, -0.05) is 94.8 Å². The summed E-state index contributed by atoms with van der Waals surface area (Å²) in [5.41, 5.74) is 4.80. The molecule has 0 spiro atoms. The molecule has 3 aromatic carbocycles. The van der Waals surface area contributed by atoms with E-state index in [2.05, 4.69) is 86.2 Å². The summed E-state index contributed by atoms with van der Waals surface area (Å²) in [4.78, 5) is 21.3. The lowest BCUT2D eigenvalue weighted by molar-refractivity contribution is -0.133. The molecule has 0 aliphatic carbocycles. The molecule has 2 N–H and O–H groups in total. The second-order valence-corrected chi connectivity index (χ2v) is 12.2. The Balaban J connectivity index is 1.46. The van der Waals surface area contributed by atoms with E-state index in [1.54, 1.807) is 0 Å². The number of ether oxygens (including phenoxy) is 1. The maximum atomic E-state index is 13.9. The molecule has 1 atom stereocenters. The van der Waals surface area contributed by atoms with Crippen molar-refractivity contribution in [1.82, 2.24) is 14.8 Å². The number of para-hydroxylation sites is 2. The van der Waals surface area contributed by atoms with E-state index in [4.69, 9.17) is 4.74 Å². The normalized spacial score (nSPS) is 12.5. The number of fused-ring (bicyclic) bond motifs is 1. The second kappa shape index (κ2) is 15.0. The zero-order valence-corrected chi connectivity index (χ0v) is 25.7. The number of carbonyl (C=O) groups is 1. The first-order valence-electron chi connectivity index (χ1n) is 15.2. The molecule has 6 nitrogen and oxygen atoms in total. The van der Waals surface area contributed by atoms with Crippen molar-refractivity contribution in [3.05, 3.63) is 102 Å². The predicted molar refractivity (Wildman–Crippen MR) is 172 cm³/mol. The number of amides is 1. The van der Waals surface area contributed by atoms with Gasteiger partial charge >= 0.3 is 0 Å². The summed E-state index contributed by atoms with van der Waals surface area (Å²) in [5.74, 6) is 0.802. The number of hydrogen-bond donors (Lipinski definition) is 2. The van der Waals surface area contributed by atoms with Crippen molar-refractivity contribution in [3.63, 3.8) is 0 Å². The highest BCUT2D eigenvalue weighted by atomic mass is 16.5. The van der Waals surface area contributed by atoms with Gasteiger partial charge in [-0.15, -0.1) is 0 Å². The third-order valence-corrected chi connectivity index (χ3v) is 7.71. The quantitative estimate of drug-likeness (QED) is 0.170. The van der Waals surface area contributed by atoms with Gasteiger partial charge in [-0.25, -0.2) is 0 Å². The maximum Gasteiger partial charge on any atom is 0.237 e. The number of benzene rings is 3. The molecule has 6 heteroatoms. The predicted octanol–water partition coefficient (Wildman–Crippen LogP) is 6.58. The fourth-order valence-electron chi connectivity index (χ4n) is 5.18. The van der Waals surface area contributed by atoms with Crippen molar-refractivity contribution < 1.29 is 14.6 Å². The van der Waals surface area contributed by atoms with E-state index in [0.29, 0.717) is 19.6 Å². The number of nitrogens with one attached hydrogen (secondary N) is 1. The van der Waals surface area contributed by atoms with Crippen LogP contribution in [0.2, 0.25) is 0 Å². The summed E-state index contributed by atoms with van der Waals surface area (Å²) in [6.45, 7) is 11.5. The first-order chi connectivity index (χ1) is 20.2. The highest BCUT2D eigenvalue weighted by Crippen LogP contribution is 2.23. The Morgan fingerprint density at radius 1 is 0.952 bits per heavy atom. The van der Waals surface area contributed by atoms with Gasteiger partial charge in [0.05, 0.1) is 6.54 Å². The molecule has 0 aliphatic rings. The number of hydrogen-bond acceptors (Lipinski definition) is 4. The molecule has 0 fully saturated rings. The Labute approximate surface area is 251 Å². The van der Waals surface area contributed by atoms with Crippen LogP contribution in [0.3, 0.4) is 0 Å². The van der Waals surface area contributed by atoms with E-state index in [1.807, 2.05) is 41.3 Å². The fourth-order valence-corrected chi connectivity index (χ4v) is 5.18. The van der Waals surface area contributed by atoms with Crippen LogP contribution in [0.4, 0.5) is 0 Å². The van der Waals surface area contributed by atoms with E-state index in [0.717, 1.165) is 42.6 Å². The van der Waals surface area contributed by atoms with Crippen LogP contribution < -0.4 is 4.74 Å². The number of aromatic amines is 1. The summed E-state index contributed by atoms with van der Waals surface area (Å²) >= 11 is 0. The van der Waals surface area contributed by atoms with Gasteiger partial charge in [0.2, 0.25) is 5.91 Å². The summed E-state index contributed by atoms with van der Waals surface area (Å²) in [5, 5.41) is 12.0. The molecule has 0 aliphatic heterocycles. The molecule has 1 aromatic heterocycles. The van der Waals surface area contributed by atoms with E-state index < -0.39 is 6.10 Å². The summed E-state index contributed by atoms with van der Waals surface area (Å²) in [7, 11) is 0. The molecule has 0 unspecified atom stereocenters. The van der Waals surface area contributed by atoms with Crippen LogP contribution in [0, 0.1) is 0 Å². The minimum Gasteiger partial charge on any atom is -0.491 e. The number of carbonyl (C=O) groups excluding carboxylic acids is 1. The molecule has 0 bridgehead atoms. The summed E-state index contributed by atoms with van der Waals surface area (Å²) < 4.78 is 5.78. The van der Waals surface area contributed by atoms with E-state index in [-0.39, 0.29) is 24.5 Å². The molecule has 0 saturated heterocycles. The van der Waals surface area contributed by atoms with Gasteiger partial charge in [-0.2, -0.15) is 0 Å². The van der Waals surface area contributed by atoms with Gasteiger partial charge < -0.3 is 19.7 Å². The standard InChI is InChI=1S/C36H47N3O3/c1-5-6-21-38(25-31(40)27-42-32-12-8-7-9-13-32)26-35(41)39(24-28-16-18-30(19-17-28)36(2,3)4)22-20-29-23-37-34-15-11-10-14-33(29)34/h7-19,23,31,37,40H,5-6,20-22,24-27H2,1-4H3/t31-/m1/s1. The summed E-state index contributed by atoms with van der Waals surface area (Å²) in [6.07, 6.45) is 4.11. The molecular formula is C36H47N3O3. The van der Waals surface area contributed by atoms with Crippen LogP contribution in [-0.4, -0.2) is 64.7 Å². The van der Waals surface area contributed by atoms with Gasteiger partial charge in [0, 0.05) is 36.7 Å². The van der Waals surface area contributed by atoms with Gasteiger partial charge in [-0.05, 0) is 59.7 Å². The molecule has 42 heavy (non-hydrogen) atoms. The Hall–Kier alpha value is -3.61. The second-order valence-electron chi connectivity index (χ2n) is 12.2. The molecule has 1 heterocycles. The number of H-pyrrole nitrogens is 1. The number of unbranched alkanes of at least 4 members (excludes halogenated alkanes) is 1. The maximum absolute atomic E-state index is 13.9. The number of nitrogens with zero attached hydrogens (tertiary/aromatic N) is 2. The lowest BCUT2D eigenvalue weighted by Gasteiger charge is -2.29. The molecule has 224 valence electrons. The van der Waals surface area contributed by atoms with Gasteiger partial charge in [0.15, 0.2) is 0 Å². The largest absolute Gasteiger partial charge is 0.491 e. The first kappa shape index (κ1) is 31.3. The molecular weight excluding hydrogens is 522 g/mol. The van der Waals surface area contributed by atoms with Crippen molar-refractivity contribution in [3.8, 4) is 5.75 Å². The average molecular weight is 570 g/mol. The van der Waals surface area contributed by atoms with Crippen LogP contribution in [0.15, 0.2) is 85.1 Å². The third-order valence-electron chi connectivity index (χ3n) is 7.71. The summed E-state index contributed by atoms with van der Waals surface area (Å²) in [6, 6.07) is 26.5. The molecule has 1 amide bonds. The van der Waals surface area contributed by atoms with E-state index in [1.165, 1.54) is 16.5 Å². The Bertz CT molecular complexity index is 1380. The minimum absolute atomic E-state index is 0.0713. The van der Waals surface area contributed by atoms with Gasteiger partial charge in [-0.3, -0.25) is 9.69 Å². The van der Waals surface area contributed by atoms with Crippen molar-refractivity contribution in [1.29, 1.82) is 0 Å². The molecule has 4 aromatic rings. The van der Waals surface area contributed by atoms with Crippen LogP contribution in [0.1, 0.15) is 57.2 Å². The van der Waals surface area contributed by atoms with Crippen LogP contribution in [-0.2, 0) is 23.2 Å². The van der Waals surface area contributed by atoms with Crippen molar-refractivity contribution in [2.24, 2.45) is 0 Å². The fraction of sp³-hybridized carbons (Fsp3) is 0.417. The number of aromatic nitrogens is 1. The topological polar surface area (TPSA) is 68.8 Å². The monoisotopic (exact) mass is 569 g/mol. The Kier molecular flexibility index (Phi) is 11.2.